The van der Waals surface area contributed by atoms with E-state index < -0.39 is 48.6 Å². The van der Waals surface area contributed by atoms with Crippen LogP contribution in [-0.4, -0.2) is 68.9 Å². The second-order valence-electron chi connectivity index (χ2n) is 7.21. The molecule has 2 aromatic carbocycles. The number of carbonyl (C=O) groups excluding carboxylic acids is 2. The molecule has 0 saturated carbocycles. The number of carboxylic acids is 1. The molecule has 0 radical (unpaired) electrons. The lowest BCUT2D eigenvalue weighted by molar-refractivity contribution is -0.286. The summed E-state index contributed by atoms with van der Waals surface area (Å²) in [4.78, 5) is 36.4. The van der Waals surface area contributed by atoms with E-state index in [0.717, 1.165) is 0 Å². The van der Waals surface area contributed by atoms with Gasteiger partial charge < -0.3 is 29.9 Å². The second-order valence-corrected chi connectivity index (χ2v) is 7.21. The number of aliphatic carboxylic acids is 1. The fourth-order valence-corrected chi connectivity index (χ4v) is 3.21. The first kappa shape index (κ1) is 22.6. The minimum absolute atomic E-state index is 0.226. The van der Waals surface area contributed by atoms with Crippen molar-refractivity contribution in [3.8, 4) is 0 Å². The molecule has 0 unspecified atom stereocenters. The van der Waals surface area contributed by atoms with E-state index >= 15 is 0 Å². The Morgan fingerprint density at radius 1 is 0.903 bits per heavy atom. The Labute approximate surface area is 177 Å². The molecule has 1 aliphatic rings. The molecule has 0 bridgehead atoms. The maximum atomic E-state index is 12.6. The first-order valence-electron chi connectivity index (χ1n) is 9.53. The summed E-state index contributed by atoms with van der Waals surface area (Å²) in [5.41, 5.74) is 1.30. The Morgan fingerprint density at radius 2 is 1.55 bits per heavy atom. The van der Waals surface area contributed by atoms with E-state index in [-0.39, 0.29) is 5.78 Å². The van der Waals surface area contributed by atoms with Crippen LogP contribution >= 0.6 is 0 Å². The lowest BCUT2D eigenvalue weighted by Crippen LogP contribution is -2.60. The van der Waals surface area contributed by atoms with E-state index in [1.807, 2.05) is 0 Å². The van der Waals surface area contributed by atoms with Crippen LogP contribution in [-0.2, 0) is 19.1 Å². The highest BCUT2D eigenvalue weighted by atomic mass is 16.7. The van der Waals surface area contributed by atoms with Gasteiger partial charge in [-0.2, -0.15) is 0 Å². The zero-order valence-corrected chi connectivity index (χ0v) is 16.5. The molecule has 0 aromatic heterocycles. The highest BCUT2D eigenvalue weighted by molar-refractivity contribution is 6.09. The van der Waals surface area contributed by atoms with Crippen LogP contribution in [0.5, 0.6) is 0 Å². The highest BCUT2D eigenvalue weighted by Gasteiger charge is 2.48. The van der Waals surface area contributed by atoms with Gasteiger partial charge in [0.25, 0.3) is 0 Å². The summed E-state index contributed by atoms with van der Waals surface area (Å²) in [6, 6.07) is 15.0. The predicted molar refractivity (Wildman–Crippen MR) is 105 cm³/mol. The maximum absolute atomic E-state index is 12.6. The average molecular weight is 430 g/mol. The lowest BCUT2D eigenvalue weighted by atomic mass is 9.95. The fraction of sp³-hybridized carbons (Fsp3) is 0.318. The monoisotopic (exact) mass is 430 g/mol. The Hall–Kier alpha value is -3.11. The standard InChI is InChI=1S/C22H22O9/c1-11(13-8-5-9-14(10-13)15(23)12-6-3-2-4-7-12)21(29)31-22-18(26)16(24)17(25)19(30-22)20(27)28/h2-11,16-19,22,24-26H,1H3,(H,27,28)/t11-,16-,17-,18+,19+,22+/m1/s1. The quantitative estimate of drug-likeness (QED) is 0.378. The molecule has 4 N–H and O–H groups in total. The van der Waals surface area contributed by atoms with Gasteiger partial charge in [0.05, 0.1) is 5.92 Å². The number of aliphatic hydroxyl groups excluding tert-OH is 3. The summed E-state index contributed by atoms with van der Waals surface area (Å²) < 4.78 is 10.0. The molecule has 9 heteroatoms. The van der Waals surface area contributed by atoms with Gasteiger partial charge >= 0.3 is 11.9 Å². The van der Waals surface area contributed by atoms with Crippen LogP contribution in [0.3, 0.4) is 0 Å². The third kappa shape index (κ3) is 4.80. The smallest absolute Gasteiger partial charge is 0.335 e. The van der Waals surface area contributed by atoms with E-state index in [0.29, 0.717) is 16.7 Å². The third-order valence-electron chi connectivity index (χ3n) is 5.08. The van der Waals surface area contributed by atoms with Crippen LogP contribution in [0.4, 0.5) is 0 Å². The van der Waals surface area contributed by atoms with Crippen LogP contribution in [0.25, 0.3) is 0 Å². The van der Waals surface area contributed by atoms with Gasteiger partial charge in [0.1, 0.15) is 18.3 Å². The largest absolute Gasteiger partial charge is 0.479 e. The van der Waals surface area contributed by atoms with Gasteiger partial charge in [-0.1, -0.05) is 48.5 Å². The van der Waals surface area contributed by atoms with Crippen LogP contribution in [0.15, 0.2) is 54.6 Å². The molecule has 1 heterocycles. The molecule has 164 valence electrons. The van der Waals surface area contributed by atoms with Crippen LogP contribution in [0.1, 0.15) is 34.3 Å². The molecule has 6 atom stereocenters. The third-order valence-corrected chi connectivity index (χ3v) is 5.08. The van der Waals surface area contributed by atoms with Crippen molar-refractivity contribution in [1.29, 1.82) is 0 Å². The SMILES string of the molecule is C[C@@H](C(=O)O[C@@H]1O[C@H](C(=O)O)[C@H](O)[C@@H](O)[C@@H]1O)c1cccc(C(=O)c2ccccc2)c1. The number of carbonyl (C=O) groups is 3. The average Bonchev–Trinajstić information content (AvgIpc) is 2.78. The van der Waals surface area contributed by atoms with Crippen molar-refractivity contribution in [1.82, 2.24) is 0 Å². The summed E-state index contributed by atoms with van der Waals surface area (Å²) in [5, 5.41) is 38.6. The van der Waals surface area contributed by atoms with Crippen LogP contribution in [0.2, 0.25) is 0 Å². The number of ketones is 1. The normalized spacial score (nSPS) is 26.6. The molecule has 1 fully saturated rings. The summed E-state index contributed by atoms with van der Waals surface area (Å²) >= 11 is 0. The Bertz CT molecular complexity index is 958. The highest BCUT2D eigenvalue weighted by Crippen LogP contribution is 2.26. The van der Waals surface area contributed by atoms with Gasteiger partial charge in [-0.15, -0.1) is 0 Å². The predicted octanol–water partition coefficient (Wildman–Crippen LogP) is 0.457. The number of carboxylic acid groups (broad SMARTS) is 1. The number of hydrogen-bond acceptors (Lipinski definition) is 8. The van der Waals surface area contributed by atoms with Gasteiger partial charge in [0.15, 0.2) is 11.9 Å². The lowest BCUT2D eigenvalue weighted by Gasteiger charge is -2.38. The van der Waals surface area contributed by atoms with Gasteiger partial charge in [-0.25, -0.2) is 4.79 Å². The molecule has 9 nitrogen and oxygen atoms in total. The molecule has 3 rings (SSSR count). The van der Waals surface area contributed by atoms with Gasteiger partial charge in [-0.05, 0) is 18.6 Å². The topological polar surface area (TPSA) is 151 Å². The van der Waals surface area contributed by atoms with Gasteiger partial charge in [0.2, 0.25) is 6.29 Å². The Kier molecular flexibility index (Phi) is 6.81. The molecule has 0 amide bonds. The number of hydrogen-bond donors (Lipinski definition) is 4. The van der Waals surface area contributed by atoms with E-state index in [1.54, 1.807) is 48.5 Å². The maximum Gasteiger partial charge on any atom is 0.335 e. The molecule has 31 heavy (non-hydrogen) atoms. The molecule has 1 aliphatic heterocycles. The van der Waals surface area contributed by atoms with E-state index in [1.165, 1.54) is 13.0 Å². The summed E-state index contributed by atoms with van der Waals surface area (Å²) in [7, 11) is 0. The number of aliphatic hydroxyl groups is 3. The number of benzene rings is 2. The zero-order valence-electron chi connectivity index (χ0n) is 16.5. The number of esters is 1. The molecule has 1 saturated heterocycles. The summed E-state index contributed by atoms with van der Waals surface area (Å²) in [6.45, 7) is 1.50. The summed E-state index contributed by atoms with van der Waals surface area (Å²) in [6.07, 6.45) is -9.27. The Morgan fingerprint density at radius 3 is 2.19 bits per heavy atom. The molecule has 0 spiro atoms. The number of ether oxygens (including phenoxy) is 2. The second kappa shape index (κ2) is 9.36. The van der Waals surface area contributed by atoms with Crippen LogP contribution < -0.4 is 0 Å². The Balaban J connectivity index is 1.74. The first-order chi connectivity index (χ1) is 14.7. The van der Waals surface area contributed by atoms with Crippen molar-refractivity contribution in [2.45, 2.75) is 43.5 Å². The minimum Gasteiger partial charge on any atom is -0.479 e. The van der Waals surface area contributed by atoms with Crippen molar-refractivity contribution in [2.24, 2.45) is 0 Å². The first-order valence-corrected chi connectivity index (χ1v) is 9.53. The molecular formula is C22H22O9. The van der Waals surface area contributed by atoms with Crippen molar-refractivity contribution >= 4 is 17.7 Å². The van der Waals surface area contributed by atoms with E-state index in [2.05, 4.69) is 0 Å². The van der Waals surface area contributed by atoms with E-state index in [4.69, 9.17) is 14.6 Å². The van der Waals surface area contributed by atoms with Gasteiger partial charge in [0, 0.05) is 11.1 Å². The van der Waals surface area contributed by atoms with Crippen molar-refractivity contribution in [3.05, 3.63) is 71.3 Å². The van der Waals surface area contributed by atoms with Crippen molar-refractivity contribution in [2.75, 3.05) is 0 Å². The molecular weight excluding hydrogens is 408 g/mol. The fourth-order valence-electron chi connectivity index (χ4n) is 3.21. The number of rotatable bonds is 6. The molecule has 2 aromatic rings. The van der Waals surface area contributed by atoms with Crippen molar-refractivity contribution in [3.63, 3.8) is 0 Å². The summed E-state index contributed by atoms with van der Waals surface area (Å²) in [5.74, 6) is -3.58. The van der Waals surface area contributed by atoms with E-state index in [9.17, 15) is 29.7 Å². The minimum atomic E-state index is -1.89. The van der Waals surface area contributed by atoms with Gasteiger partial charge in [-0.3, -0.25) is 9.59 Å². The van der Waals surface area contributed by atoms with Crippen molar-refractivity contribution < 1.29 is 44.3 Å². The molecule has 0 aliphatic carbocycles. The van der Waals surface area contributed by atoms with Crippen LogP contribution in [0, 0.1) is 0 Å². The zero-order chi connectivity index (χ0) is 22.7.